The largest absolute Gasteiger partial charge is 0.495 e. The van der Waals surface area contributed by atoms with Gasteiger partial charge in [0.1, 0.15) is 11.4 Å². The van der Waals surface area contributed by atoms with Crippen molar-refractivity contribution in [3.63, 3.8) is 0 Å². The number of hydrogen-bond donors (Lipinski definition) is 3. The van der Waals surface area contributed by atoms with Crippen molar-refractivity contribution in [2.24, 2.45) is 10.9 Å². The van der Waals surface area contributed by atoms with Crippen molar-refractivity contribution >= 4 is 11.5 Å². The van der Waals surface area contributed by atoms with Gasteiger partial charge >= 0.3 is 0 Å². The van der Waals surface area contributed by atoms with Gasteiger partial charge in [-0.05, 0) is 30.7 Å². The van der Waals surface area contributed by atoms with Crippen LogP contribution in [0.3, 0.4) is 0 Å². The minimum atomic E-state index is -0.0105. The summed E-state index contributed by atoms with van der Waals surface area (Å²) in [6.07, 6.45) is 1.60. The number of aryl methyl sites for hydroxylation is 1. The molecule has 0 bridgehead atoms. The van der Waals surface area contributed by atoms with Gasteiger partial charge in [-0.3, -0.25) is 4.98 Å². The minimum absolute atomic E-state index is 0.0105. The molecule has 2 rings (SSSR count). The molecule has 0 spiro atoms. The number of nitrogens with zero attached hydrogens (tertiary/aromatic N) is 2. The highest BCUT2D eigenvalue weighted by atomic mass is 16.5. The maximum atomic E-state index is 8.80. The number of hydrogen-bond acceptors (Lipinski definition) is 5. The molecule has 0 saturated carbocycles. The molecule has 4 N–H and O–H groups in total. The van der Waals surface area contributed by atoms with Crippen LogP contribution >= 0.6 is 0 Å². The highest BCUT2D eigenvalue weighted by Crippen LogP contribution is 2.25. The predicted molar refractivity (Wildman–Crippen MR) is 81.8 cm³/mol. The molecule has 0 unspecified atom stereocenters. The van der Waals surface area contributed by atoms with Crippen LogP contribution in [0.1, 0.15) is 16.8 Å². The van der Waals surface area contributed by atoms with Gasteiger partial charge in [0.05, 0.1) is 12.8 Å². The molecule has 0 saturated heterocycles. The third-order valence-corrected chi connectivity index (χ3v) is 3.07. The molecule has 1 aromatic heterocycles. The van der Waals surface area contributed by atoms with Gasteiger partial charge in [-0.1, -0.05) is 17.3 Å². The first kappa shape index (κ1) is 14.6. The monoisotopic (exact) mass is 286 g/mol. The van der Waals surface area contributed by atoms with E-state index in [9.17, 15) is 0 Å². The van der Waals surface area contributed by atoms with Gasteiger partial charge in [0.15, 0.2) is 5.84 Å². The number of anilines is 1. The summed E-state index contributed by atoms with van der Waals surface area (Å²) < 4.78 is 5.32. The maximum Gasteiger partial charge on any atom is 0.189 e. The molecule has 0 amide bonds. The van der Waals surface area contributed by atoms with Crippen molar-refractivity contribution in [3.8, 4) is 5.75 Å². The smallest absolute Gasteiger partial charge is 0.189 e. The Morgan fingerprint density at radius 3 is 2.95 bits per heavy atom. The van der Waals surface area contributed by atoms with Crippen molar-refractivity contribution in [2.45, 2.75) is 13.5 Å². The van der Waals surface area contributed by atoms with Gasteiger partial charge in [0, 0.05) is 18.3 Å². The number of nitrogens with two attached hydrogens (primary N) is 1. The molecule has 6 heteroatoms. The number of methoxy groups -OCH3 is 1. The third kappa shape index (κ3) is 3.42. The zero-order chi connectivity index (χ0) is 15.2. The highest BCUT2D eigenvalue weighted by molar-refractivity contribution is 5.96. The second-order valence-corrected chi connectivity index (χ2v) is 4.55. The number of benzene rings is 1. The van der Waals surface area contributed by atoms with Gasteiger partial charge in [-0.25, -0.2) is 0 Å². The van der Waals surface area contributed by atoms with Crippen LogP contribution in [0.5, 0.6) is 5.75 Å². The second kappa shape index (κ2) is 6.60. The molecule has 0 radical (unpaired) electrons. The van der Waals surface area contributed by atoms with E-state index < -0.39 is 0 Å². The first-order valence-corrected chi connectivity index (χ1v) is 6.46. The lowest BCUT2D eigenvalue weighted by Gasteiger charge is -2.13. The molecule has 110 valence electrons. The van der Waals surface area contributed by atoms with Crippen molar-refractivity contribution in [2.75, 3.05) is 12.4 Å². The average molecular weight is 286 g/mol. The Balaban J connectivity index is 2.23. The van der Waals surface area contributed by atoms with Gasteiger partial charge in [-0.15, -0.1) is 0 Å². The summed E-state index contributed by atoms with van der Waals surface area (Å²) in [5.74, 6) is 0.749. The first-order valence-electron chi connectivity index (χ1n) is 6.46. The Kier molecular flexibility index (Phi) is 4.61. The average Bonchev–Trinajstić information content (AvgIpc) is 2.52. The van der Waals surface area contributed by atoms with Crippen LogP contribution < -0.4 is 15.8 Å². The fourth-order valence-corrected chi connectivity index (χ4v) is 2.01. The van der Waals surface area contributed by atoms with Gasteiger partial charge < -0.3 is 21.0 Å². The van der Waals surface area contributed by atoms with Crippen LogP contribution in [-0.2, 0) is 6.54 Å². The molecule has 0 fully saturated rings. The third-order valence-electron chi connectivity index (χ3n) is 3.07. The lowest BCUT2D eigenvalue weighted by molar-refractivity contribution is 0.318. The van der Waals surface area contributed by atoms with Gasteiger partial charge in [0.25, 0.3) is 0 Å². The quantitative estimate of drug-likeness (QED) is 0.339. The number of aromatic nitrogens is 1. The summed E-state index contributed by atoms with van der Waals surface area (Å²) >= 11 is 0. The van der Waals surface area contributed by atoms with E-state index in [-0.39, 0.29) is 5.84 Å². The zero-order valence-corrected chi connectivity index (χ0v) is 12.0. The summed E-state index contributed by atoms with van der Waals surface area (Å²) in [5.41, 5.74) is 8.92. The predicted octanol–water partition coefficient (Wildman–Crippen LogP) is 2.11. The van der Waals surface area contributed by atoms with Crippen molar-refractivity contribution in [1.29, 1.82) is 0 Å². The molecule has 1 aromatic carbocycles. The summed E-state index contributed by atoms with van der Waals surface area (Å²) in [5, 5.41) is 15.1. The van der Waals surface area contributed by atoms with E-state index >= 15 is 0 Å². The van der Waals surface area contributed by atoms with E-state index in [2.05, 4.69) is 15.5 Å². The van der Waals surface area contributed by atoms with E-state index in [1.807, 2.05) is 31.2 Å². The maximum absolute atomic E-state index is 8.80. The molecule has 2 aromatic rings. The fourth-order valence-electron chi connectivity index (χ4n) is 2.01. The van der Waals surface area contributed by atoms with Crippen molar-refractivity contribution < 1.29 is 9.94 Å². The van der Waals surface area contributed by atoms with Crippen molar-refractivity contribution in [3.05, 3.63) is 53.3 Å². The van der Waals surface area contributed by atoms with E-state index in [1.54, 1.807) is 19.4 Å². The molecule has 0 aliphatic rings. The Bertz CT molecular complexity index is 656. The van der Waals surface area contributed by atoms with Crippen LogP contribution in [0.4, 0.5) is 5.69 Å². The topological polar surface area (TPSA) is 92.8 Å². The Morgan fingerprint density at radius 2 is 2.24 bits per heavy atom. The Labute approximate surface area is 123 Å². The van der Waals surface area contributed by atoms with Crippen LogP contribution in [0.15, 0.2) is 41.7 Å². The molecule has 0 atom stereocenters. The minimum Gasteiger partial charge on any atom is -0.495 e. The standard InChI is InChI=1S/C15H18N4O2/c1-10-5-6-13(21-2)12(8-10)18-9-11-4-3-7-17-14(11)15(16)19-20/h3-8,18,20H,9H2,1-2H3,(H2,16,19). The van der Waals surface area contributed by atoms with Crippen molar-refractivity contribution in [1.82, 2.24) is 4.98 Å². The molecule has 6 nitrogen and oxygen atoms in total. The van der Waals surface area contributed by atoms with E-state index in [4.69, 9.17) is 15.7 Å². The molecular formula is C15H18N4O2. The molecular weight excluding hydrogens is 268 g/mol. The van der Waals surface area contributed by atoms with Gasteiger partial charge in [0.2, 0.25) is 0 Å². The number of oxime groups is 1. The summed E-state index contributed by atoms with van der Waals surface area (Å²) in [4.78, 5) is 4.13. The molecule has 0 aliphatic carbocycles. The SMILES string of the molecule is COc1ccc(C)cc1NCc1cccnc1C(N)=NO. The van der Waals surface area contributed by atoms with E-state index in [0.717, 1.165) is 22.6 Å². The number of rotatable bonds is 5. The lowest BCUT2D eigenvalue weighted by Crippen LogP contribution is -2.18. The van der Waals surface area contributed by atoms with Gasteiger partial charge in [-0.2, -0.15) is 0 Å². The number of nitrogens with one attached hydrogen (secondary N) is 1. The summed E-state index contributed by atoms with van der Waals surface area (Å²) in [7, 11) is 1.63. The van der Waals surface area contributed by atoms with E-state index in [0.29, 0.717) is 12.2 Å². The van der Waals surface area contributed by atoms with Crippen LogP contribution in [0.25, 0.3) is 0 Å². The second-order valence-electron chi connectivity index (χ2n) is 4.55. The summed E-state index contributed by atoms with van der Waals surface area (Å²) in [6, 6.07) is 9.56. The van der Waals surface area contributed by atoms with E-state index in [1.165, 1.54) is 0 Å². The lowest BCUT2D eigenvalue weighted by atomic mass is 10.1. The number of ether oxygens (including phenoxy) is 1. The van der Waals surface area contributed by atoms with Crippen LogP contribution in [-0.4, -0.2) is 23.1 Å². The molecule has 21 heavy (non-hydrogen) atoms. The van der Waals surface area contributed by atoms with Crippen LogP contribution in [0, 0.1) is 6.92 Å². The Hall–Kier alpha value is -2.76. The first-order chi connectivity index (χ1) is 10.2. The number of pyridine rings is 1. The highest BCUT2D eigenvalue weighted by Gasteiger charge is 2.09. The normalized spacial score (nSPS) is 11.2. The van der Waals surface area contributed by atoms with Crippen LogP contribution in [0.2, 0.25) is 0 Å². The number of amidine groups is 1. The molecule has 1 heterocycles. The Morgan fingerprint density at radius 1 is 1.43 bits per heavy atom. The fraction of sp³-hybridized carbons (Fsp3) is 0.200. The zero-order valence-electron chi connectivity index (χ0n) is 12.0. The molecule has 0 aliphatic heterocycles. The summed E-state index contributed by atoms with van der Waals surface area (Å²) in [6.45, 7) is 2.50.